The van der Waals surface area contributed by atoms with E-state index in [4.69, 9.17) is 39.5 Å². The molecule has 0 aliphatic rings. The average molecular weight is 471 g/mol. The summed E-state index contributed by atoms with van der Waals surface area (Å²) in [5.41, 5.74) is 2.44. The Hall–Kier alpha value is -2.92. The SMILES string of the molecule is O=C(COC(=O)c1cc(-c2ccccc2Cl)nc2ccccc12)c1ccc(Cl)c(Cl)c1. The number of carbonyl (C=O) groups excluding carboxylic acids is 2. The number of nitrogens with zero attached hydrogens (tertiary/aromatic N) is 1. The van der Waals surface area contributed by atoms with Gasteiger partial charge in [-0.3, -0.25) is 4.79 Å². The summed E-state index contributed by atoms with van der Waals surface area (Å²) in [6, 6.07) is 20.5. The molecule has 0 bridgehead atoms. The maximum Gasteiger partial charge on any atom is 0.339 e. The van der Waals surface area contributed by atoms with Gasteiger partial charge in [0.05, 0.1) is 26.8 Å². The first kappa shape index (κ1) is 21.3. The molecule has 0 amide bonds. The summed E-state index contributed by atoms with van der Waals surface area (Å²) in [7, 11) is 0. The molecule has 7 heteroatoms. The number of benzene rings is 3. The van der Waals surface area contributed by atoms with Crippen LogP contribution in [0.1, 0.15) is 20.7 Å². The minimum absolute atomic E-state index is 0.253. The quantitative estimate of drug-likeness (QED) is 0.235. The second kappa shape index (κ2) is 9.06. The zero-order valence-electron chi connectivity index (χ0n) is 15.9. The van der Waals surface area contributed by atoms with Crippen LogP contribution in [0, 0.1) is 0 Å². The molecule has 154 valence electrons. The summed E-state index contributed by atoms with van der Waals surface area (Å²) in [5.74, 6) is -1.03. The van der Waals surface area contributed by atoms with Gasteiger partial charge in [0.15, 0.2) is 12.4 Å². The Morgan fingerprint density at radius 1 is 0.806 bits per heavy atom. The lowest BCUT2D eigenvalue weighted by Gasteiger charge is -2.11. The van der Waals surface area contributed by atoms with Gasteiger partial charge in [0.2, 0.25) is 0 Å². The number of rotatable bonds is 5. The number of halogens is 3. The molecule has 3 aromatic carbocycles. The van der Waals surface area contributed by atoms with Crippen molar-refractivity contribution in [3.05, 3.63) is 99.0 Å². The molecule has 0 radical (unpaired) electrons. The minimum Gasteiger partial charge on any atom is -0.454 e. The van der Waals surface area contributed by atoms with Crippen molar-refractivity contribution in [1.29, 1.82) is 0 Å². The molecule has 0 saturated heterocycles. The topological polar surface area (TPSA) is 56.3 Å². The van der Waals surface area contributed by atoms with Crippen molar-refractivity contribution in [2.45, 2.75) is 0 Å². The van der Waals surface area contributed by atoms with E-state index < -0.39 is 18.4 Å². The first-order valence-electron chi connectivity index (χ1n) is 9.24. The molecule has 0 unspecified atom stereocenters. The van der Waals surface area contributed by atoms with Crippen molar-refractivity contribution in [3.63, 3.8) is 0 Å². The van der Waals surface area contributed by atoms with Crippen LogP contribution >= 0.6 is 34.8 Å². The van der Waals surface area contributed by atoms with Gasteiger partial charge >= 0.3 is 5.97 Å². The van der Waals surface area contributed by atoms with Crippen molar-refractivity contribution < 1.29 is 14.3 Å². The molecule has 4 nitrogen and oxygen atoms in total. The summed E-state index contributed by atoms with van der Waals surface area (Å²) in [4.78, 5) is 30.0. The highest BCUT2D eigenvalue weighted by molar-refractivity contribution is 6.42. The number of ether oxygens (including phenoxy) is 1. The summed E-state index contributed by atoms with van der Waals surface area (Å²) >= 11 is 18.2. The molecular formula is C24H14Cl3NO3. The van der Waals surface area contributed by atoms with Crippen LogP contribution < -0.4 is 0 Å². The first-order valence-corrected chi connectivity index (χ1v) is 10.4. The van der Waals surface area contributed by atoms with Crippen molar-refractivity contribution >= 4 is 57.5 Å². The Kier molecular flexibility index (Phi) is 6.23. The standard InChI is InChI=1S/C24H14Cl3NO3/c25-18-7-3-1-6-16(18)22-12-17(15-5-2-4-8-21(15)28-22)24(30)31-13-23(29)14-9-10-19(26)20(27)11-14/h1-12H,13H2. The van der Waals surface area contributed by atoms with E-state index in [9.17, 15) is 9.59 Å². The highest BCUT2D eigenvalue weighted by Gasteiger charge is 2.18. The molecule has 0 atom stereocenters. The van der Waals surface area contributed by atoms with Crippen LogP contribution in [0.4, 0.5) is 0 Å². The smallest absolute Gasteiger partial charge is 0.339 e. The van der Waals surface area contributed by atoms with Crippen LogP contribution in [0.3, 0.4) is 0 Å². The number of Topliss-reactive ketones (excluding diaryl/α,β-unsaturated/α-hetero) is 1. The first-order chi connectivity index (χ1) is 14.9. The molecule has 4 rings (SSSR count). The molecule has 0 aliphatic carbocycles. The highest BCUT2D eigenvalue weighted by Crippen LogP contribution is 2.30. The second-order valence-electron chi connectivity index (χ2n) is 6.68. The van der Waals surface area contributed by atoms with Gasteiger partial charge in [-0.25, -0.2) is 9.78 Å². The van der Waals surface area contributed by atoms with E-state index in [1.807, 2.05) is 24.3 Å². The predicted molar refractivity (Wildman–Crippen MR) is 123 cm³/mol. The van der Waals surface area contributed by atoms with Crippen LogP contribution in [0.25, 0.3) is 22.2 Å². The largest absolute Gasteiger partial charge is 0.454 e. The normalized spacial score (nSPS) is 10.8. The number of esters is 1. The van der Waals surface area contributed by atoms with E-state index in [0.29, 0.717) is 43.3 Å². The fourth-order valence-electron chi connectivity index (χ4n) is 3.11. The van der Waals surface area contributed by atoms with Crippen LogP contribution in [0.2, 0.25) is 15.1 Å². The van der Waals surface area contributed by atoms with Crippen LogP contribution in [0.15, 0.2) is 72.8 Å². The zero-order chi connectivity index (χ0) is 22.0. The van der Waals surface area contributed by atoms with Crippen molar-refractivity contribution in [2.75, 3.05) is 6.61 Å². The van der Waals surface area contributed by atoms with E-state index in [-0.39, 0.29) is 5.02 Å². The Labute approximate surface area is 193 Å². The van der Waals surface area contributed by atoms with Gasteiger partial charge in [-0.2, -0.15) is 0 Å². The monoisotopic (exact) mass is 469 g/mol. The summed E-state index contributed by atoms with van der Waals surface area (Å²) in [5, 5.41) is 1.72. The predicted octanol–water partition coefficient (Wildman–Crippen LogP) is 6.90. The average Bonchev–Trinajstić information content (AvgIpc) is 2.78. The van der Waals surface area contributed by atoms with Gasteiger partial charge in [-0.1, -0.05) is 71.2 Å². The fraction of sp³-hybridized carbons (Fsp3) is 0.0417. The molecule has 0 fully saturated rings. The molecule has 0 N–H and O–H groups in total. The zero-order valence-corrected chi connectivity index (χ0v) is 18.2. The number of aromatic nitrogens is 1. The number of para-hydroxylation sites is 1. The lowest BCUT2D eigenvalue weighted by Crippen LogP contribution is -2.15. The van der Waals surface area contributed by atoms with Crippen molar-refractivity contribution in [2.24, 2.45) is 0 Å². The lowest BCUT2D eigenvalue weighted by molar-refractivity contribution is 0.0476. The number of hydrogen-bond acceptors (Lipinski definition) is 4. The van der Waals surface area contributed by atoms with Gasteiger partial charge in [0.1, 0.15) is 0 Å². The summed E-state index contributed by atoms with van der Waals surface area (Å²) < 4.78 is 5.32. The summed E-state index contributed by atoms with van der Waals surface area (Å²) in [6.45, 7) is -0.436. The van der Waals surface area contributed by atoms with E-state index in [1.165, 1.54) is 18.2 Å². The Morgan fingerprint density at radius 2 is 1.55 bits per heavy atom. The van der Waals surface area contributed by atoms with Crippen LogP contribution in [-0.2, 0) is 4.74 Å². The lowest BCUT2D eigenvalue weighted by atomic mass is 10.0. The number of carbonyl (C=O) groups is 2. The third-order valence-corrected chi connectivity index (χ3v) is 5.73. The van der Waals surface area contributed by atoms with E-state index in [0.717, 1.165) is 0 Å². The van der Waals surface area contributed by atoms with Crippen molar-refractivity contribution in [1.82, 2.24) is 4.98 Å². The molecule has 0 saturated carbocycles. The maximum absolute atomic E-state index is 12.9. The molecule has 1 heterocycles. The van der Waals surface area contributed by atoms with Gasteiger partial charge in [-0.05, 0) is 36.4 Å². The van der Waals surface area contributed by atoms with Gasteiger partial charge in [-0.15, -0.1) is 0 Å². The third-order valence-electron chi connectivity index (χ3n) is 4.66. The van der Waals surface area contributed by atoms with Crippen molar-refractivity contribution in [3.8, 4) is 11.3 Å². The van der Waals surface area contributed by atoms with E-state index >= 15 is 0 Å². The van der Waals surface area contributed by atoms with E-state index in [1.54, 1.807) is 30.3 Å². The highest BCUT2D eigenvalue weighted by atomic mass is 35.5. The third kappa shape index (κ3) is 4.57. The second-order valence-corrected chi connectivity index (χ2v) is 7.90. The Balaban J connectivity index is 1.65. The molecule has 31 heavy (non-hydrogen) atoms. The molecule has 1 aromatic heterocycles. The molecule has 0 aliphatic heterocycles. The van der Waals surface area contributed by atoms with Crippen LogP contribution in [-0.4, -0.2) is 23.3 Å². The molecule has 0 spiro atoms. The number of fused-ring (bicyclic) bond motifs is 1. The number of ketones is 1. The van der Waals surface area contributed by atoms with Crippen LogP contribution in [0.5, 0.6) is 0 Å². The Morgan fingerprint density at radius 3 is 2.32 bits per heavy atom. The number of hydrogen-bond donors (Lipinski definition) is 0. The van der Waals surface area contributed by atoms with E-state index in [2.05, 4.69) is 4.98 Å². The summed E-state index contributed by atoms with van der Waals surface area (Å²) in [6.07, 6.45) is 0. The van der Waals surface area contributed by atoms with Gasteiger partial charge in [0.25, 0.3) is 0 Å². The maximum atomic E-state index is 12.9. The Bertz CT molecular complexity index is 1320. The number of pyridine rings is 1. The molecular weight excluding hydrogens is 457 g/mol. The molecule has 4 aromatic rings. The van der Waals surface area contributed by atoms with Gasteiger partial charge < -0.3 is 4.74 Å². The fourth-order valence-corrected chi connectivity index (χ4v) is 3.64. The van der Waals surface area contributed by atoms with Gasteiger partial charge in [0, 0.05) is 21.5 Å². The minimum atomic E-state index is -0.639.